The molecule has 1 aliphatic rings. The Morgan fingerprint density at radius 1 is 1.26 bits per heavy atom. The quantitative estimate of drug-likeness (QED) is 0.938. The topological polar surface area (TPSA) is 62.3 Å². The summed E-state index contributed by atoms with van der Waals surface area (Å²) in [5, 5.41) is 4.90. The number of hydrogen-bond acceptors (Lipinski definition) is 4. The van der Waals surface area contributed by atoms with E-state index in [0.29, 0.717) is 17.2 Å². The molecule has 23 heavy (non-hydrogen) atoms. The van der Waals surface area contributed by atoms with Gasteiger partial charge in [-0.3, -0.25) is 9.59 Å². The first kappa shape index (κ1) is 15.7. The van der Waals surface area contributed by atoms with Crippen LogP contribution in [-0.4, -0.2) is 34.8 Å². The second kappa shape index (κ2) is 6.91. The highest BCUT2D eigenvalue weighted by atomic mass is 32.1. The summed E-state index contributed by atoms with van der Waals surface area (Å²) in [5.74, 6) is -0.310. The van der Waals surface area contributed by atoms with Crippen LogP contribution >= 0.6 is 11.3 Å². The number of rotatable bonds is 4. The number of carbonyl (C=O) groups excluding carboxylic acids is 2. The zero-order chi connectivity index (χ0) is 16.2. The zero-order valence-electron chi connectivity index (χ0n) is 13.0. The highest BCUT2D eigenvalue weighted by Gasteiger charge is 2.23. The number of aromatic nitrogens is 1. The molecule has 5 nitrogen and oxygen atoms in total. The van der Waals surface area contributed by atoms with Crippen molar-refractivity contribution < 1.29 is 9.59 Å². The molecule has 0 bridgehead atoms. The smallest absolute Gasteiger partial charge is 0.282 e. The van der Waals surface area contributed by atoms with Gasteiger partial charge in [0.25, 0.3) is 11.8 Å². The van der Waals surface area contributed by atoms with Gasteiger partial charge in [-0.1, -0.05) is 24.3 Å². The van der Waals surface area contributed by atoms with E-state index in [4.69, 9.17) is 0 Å². The Hall–Kier alpha value is -2.21. The summed E-state index contributed by atoms with van der Waals surface area (Å²) in [7, 11) is 0. The second-order valence-corrected chi connectivity index (χ2v) is 6.50. The molecule has 0 saturated carbocycles. The molecule has 1 aromatic heterocycles. The van der Waals surface area contributed by atoms with Crippen LogP contribution < -0.4 is 5.32 Å². The average molecular weight is 329 g/mol. The van der Waals surface area contributed by atoms with Crippen molar-refractivity contribution in [3.8, 4) is 0 Å². The van der Waals surface area contributed by atoms with Gasteiger partial charge in [-0.2, -0.15) is 0 Å². The van der Waals surface area contributed by atoms with Crippen LogP contribution in [0.2, 0.25) is 0 Å². The minimum atomic E-state index is -0.245. The van der Waals surface area contributed by atoms with E-state index < -0.39 is 0 Å². The van der Waals surface area contributed by atoms with Gasteiger partial charge >= 0.3 is 0 Å². The zero-order valence-corrected chi connectivity index (χ0v) is 13.9. The fourth-order valence-electron chi connectivity index (χ4n) is 2.61. The number of carbonyl (C=O) groups is 2. The number of likely N-dealkylation sites (tertiary alicyclic amines) is 1. The Labute approximate surface area is 139 Å². The molecule has 0 spiro atoms. The van der Waals surface area contributed by atoms with E-state index >= 15 is 0 Å². The lowest BCUT2D eigenvalue weighted by molar-refractivity contribution is 0.0792. The lowest BCUT2D eigenvalue weighted by atomic mass is 10.1. The van der Waals surface area contributed by atoms with Crippen molar-refractivity contribution in [1.29, 1.82) is 0 Å². The Balaban J connectivity index is 1.62. The number of aryl methyl sites for hydroxylation is 1. The number of hydrogen-bond donors (Lipinski definition) is 1. The first-order chi connectivity index (χ1) is 11.1. The summed E-state index contributed by atoms with van der Waals surface area (Å²) >= 11 is 1.23. The van der Waals surface area contributed by atoms with Crippen LogP contribution in [0.4, 0.5) is 0 Å². The van der Waals surface area contributed by atoms with Crippen LogP contribution in [0.15, 0.2) is 29.6 Å². The molecular formula is C17H19N3O2S. The number of benzene rings is 1. The highest BCUT2D eigenvalue weighted by molar-refractivity contribution is 7.11. The third-order valence-electron chi connectivity index (χ3n) is 4.01. The molecule has 0 radical (unpaired) electrons. The van der Waals surface area contributed by atoms with Gasteiger partial charge in [0.15, 0.2) is 5.01 Å². The van der Waals surface area contributed by atoms with E-state index in [-0.39, 0.29) is 11.8 Å². The Morgan fingerprint density at radius 3 is 2.74 bits per heavy atom. The van der Waals surface area contributed by atoms with Crippen molar-refractivity contribution in [1.82, 2.24) is 15.2 Å². The Morgan fingerprint density at radius 2 is 2.00 bits per heavy atom. The van der Waals surface area contributed by atoms with Gasteiger partial charge in [0.1, 0.15) is 5.69 Å². The molecule has 2 heterocycles. The third kappa shape index (κ3) is 3.59. The molecule has 0 unspecified atom stereocenters. The monoisotopic (exact) mass is 329 g/mol. The van der Waals surface area contributed by atoms with Crippen LogP contribution in [0.5, 0.6) is 0 Å². The molecule has 0 aliphatic carbocycles. The molecule has 3 rings (SSSR count). The second-order valence-electron chi connectivity index (χ2n) is 5.65. The Kier molecular flexibility index (Phi) is 4.71. The van der Waals surface area contributed by atoms with Crippen molar-refractivity contribution in [3.63, 3.8) is 0 Å². The third-order valence-corrected chi connectivity index (χ3v) is 4.84. The number of thiazole rings is 1. The van der Waals surface area contributed by atoms with Crippen LogP contribution in [0.3, 0.4) is 0 Å². The summed E-state index contributed by atoms with van der Waals surface area (Å²) in [5.41, 5.74) is 2.52. The minimum absolute atomic E-state index is 0.0644. The van der Waals surface area contributed by atoms with Crippen LogP contribution in [0, 0.1) is 6.92 Å². The normalized spacial score (nSPS) is 14.0. The van der Waals surface area contributed by atoms with Gasteiger partial charge in [-0.05, 0) is 30.9 Å². The van der Waals surface area contributed by atoms with E-state index in [9.17, 15) is 9.59 Å². The lowest BCUT2D eigenvalue weighted by Gasteiger charge is -2.12. The maximum Gasteiger partial charge on any atom is 0.282 e. The van der Waals surface area contributed by atoms with Gasteiger partial charge < -0.3 is 10.2 Å². The van der Waals surface area contributed by atoms with E-state index in [1.807, 2.05) is 31.2 Å². The van der Waals surface area contributed by atoms with Crippen molar-refractivity contribution in [2.45, 2.75) is 26.3 Å². The van der Waals surface area contributed by atoms with Crippen molar-refractivity contribution in [2.24, 2.45) is 0 Å². The first-order valence-corrected chi connectivity index (χ1v) is 8.60. The standard InChI is InChI=1S/C17H19N3O2S/c1-12-6-2-3-7-13(12)10-18-15(21)14-11-23-16(19-14)17(22)20-8-4-5-9-20/h2-3,6-7,11H,4-5,8-10H2,1H3,(H,18,21). The summed E-state index contributed by atoms with van der Waals surface area (Å²) in [4.78, 5) is 30.4. The summed E-state index contributed by atoms with van der Waals surface area (Å²) in [6.45, 7) is 4.04. The van der Waals surface area contributed by atoms with Gasteiger partial charge in [0, 0.05) is 25.0 Å². The largest absolute Gasteiger partial charge is 0.347 e. The average Bonchev–Trinajstić information content (AvgIpc) is 3.24. The Bertz CT molecular complexity index is 720. The summed E-state index contributed by atoms with van der Waals surface area (Å²) in [6, 6.07) is 7.91. The fourth-order valence-corrected chi connectivity index (χ4v) is 3.37. The SMILES string of the molecule is Cc1ccccc1CNC(=O)c1csc(C(=O)N2CCCC2)n1. The fraction of sp³-hybridized carbons (Fsp3) is 0.353. The lowest BCUT2D eigenvalue weighted by Crippen LogP contribution is -2.28. The minimum Gasteiger partial charge on any atom is -0.347 e. The summed E-state index contributed by atoms with van der Waals surface area (Å²) < 4.78 is 0. The maximum absolute atomic E-state index is 12.2. The van der Waals surface area contributed by atoms with E-state index in [2.05, 4.69) is 10.3 Å². The highest BCUT2D eigenvalue weighted by Crippen LogP contribution is 2.16. The molecule has 1 aromatic carbocycles. The molecule has 2 aromatic rings. The van der Waals surface area contributed by atoms with Crippen molar-refractivity contribution in [2.75, 3.05) is 13.1 Å². The van der Waals surface area contributed by atoms with Crippen LogP contribution in [0.1, 0.15) is 44.3 Å². The molecule has 1 fully saturated rings. The predicted molar refractivity (Wildman–Crippen MR) is 89.6 cm³/mol. The molecule has 2 amide bonds. The number of amides is 2. The maximum atomic E-state index is 12.2. The van der Waals surface area contributed by atoms with Crippen LogP contribution in [-0.2, 0) is 6.54 Å². The van der Waals surface area contributed by atoms with Gasteiger partial charge in [-0.25, -0.2) is 4.98 Å². The van der Waals surface area contributed by atoms with Crippen molar-refractivity contribution in [3.05, 3.63) is 51.5 Å². The molecule has 1 N–H and O–H groups in total. The molecule has 120 valence electrons. The predicted octanol–water partition coefficient (Wildman–Crippen LogP) is 2.62. The van der Waals surface area contributed by atoms with Crippen LogP contribution in [0.25, 0.3) is 0 Å². The van der Waals surface area contributed by atoms with Crippen molar-refractivity contribution >= 4 is 23.2 Å². The van der Waals surface area contributed by atoms with Gasteiger partial charge in [0.05, 0.1) is 0 Å². The molecule has 1 saturated heterocycles. The van der Waals surface area contributed by atoms with Gasteiger partial charge in [0.2, 0.25) is 0 Å². The molecular weight excluding hydrogens is 310 g/mol. The van der Waals surface area contributed by atoms with E-state index in [0.717, 1.165) is 37.1 Å². The summed E-state index contributed by atoms with van der Waals surface area (Å²) in [6.07, 6.45) is 2.09. The van der Waals surface area contributed by atoms with Gasteiger partial charge in [-0.15, -0.1) is 11.3 Å². The first-order valence-electron chi connectivity index (χ1n) is 7.72. The van der Waals surface area contributed by atoms with E-state index in [1.54, 1.807) is 10.3 Å². The van der Waals surface area contributed by atoms with E-state index in [1.165, 1.54) is 11.3 Å². The molecule has 0 atom stereocenters. The number of nitrogens with zero attached hydrogens (tertiary/aromatic N) is 2. The number of nitrogens with one attached hydrogen (secondary N) is 1. The molecule has 1 aliphatic heterocycles. The molecule has 6 heteroatoms.